The number of aliphatic carboxylic acids is 1. The van der Waals surface area contributed by atoms with E-state index in [4.69, 9.17) is 10.8 Å². The molecule has 0 amide bonds. The van der Waals surface area contributed by atoms with Gasteiger partial charge >= 0.3 is 11.7 Å². The van der Waals surface area contributed by atoms with Crippen LogP contribution in [0.15, 0.2) is 21.9 Å². The Labute approximate surface area is 77.8 Å². The number of carboxylic acid groups (broad SMARTS) is 1. The Kier molecular flexibility index (Phi) is 2.82. The summed E-state index contributed by atoms with van der Waals surface area (Å²) in [6.07, 6.45) is -0.197. The van der Waals surface area contributed by atoms with Crippen LogP contribution < -0.4 is 17.0 Å². The first kappa shape index (κ1) is 10.2. The Morgan fingerprint density at radius 3 is 2.79 bits per heavy atom. The summed E-state index contributed by atoms with van der Waals surface area (Å²) in [5, 5.41) is 8.42. The lowest BCUT2D eigenvalue weighted by molar-refractivity contribution is -0.137. The van der Waals surface area contributed by atoms with Crippen molar-refractivity contribution in [2.24, 2.45) is 5.73 Å². The molecule has 0 aromatic carbocycles. The minimum atomic E-state index is -1.12. The molecule has 0 spiro atoms. The minimum absolute atomic E-state index is 0.383. The van der Waals surface area contributed by atoms with E-state index < -0.39 is 23.4 Å². The molecule has 1 aromatic rings. The number of hydrogen-bond acceptors (Lipinski definition) is 4. The molecule has 0 aliphatic heterocycles. The molecule has 0 aliphatic carbocycles. The van der Waals surface area contributed by atoms with Crippen molar-refractivity contribution in [1.82, 2.24) is 9.55 Å². The van der Waals surface area contributed by atoms with Gasteiger partial charge in [0.1, 0.15) is 0 Å². The first-order valence-corrected chi connectivity index (χ1v) is 3.79. The van der Waals surface area contributed by atoms with Gasteiger partial charge in [-0.15, -0.1) is 0 Å². The summed E-state index contributed by atoms with van der Waals surface area (Å²) >= 11 is 0. The lowest BCUT2D eigenvalue weighted by Gasteiger charge is -2.10. The average Bonchev–Trinajstić information content (AvgIpc) is 2.01. The maximum Gasteiger partial charge on any atom is 0.329 e. The molecular weight excluding hydrogens is 190 g/mol. The fraction of sp³-hybridized carbons (Fsp3) is 0.286. The zero-order valence-corrected chi connectivity index (χ0v) is 7.14. The Morgan fingerprint density at radius 1 is 1.64 bits per heavy atom. The highest BCUT2D eigenvalue weighted by molar-refractivity contribution is 5.67. The van der Waals surface area contributed by atoms with E-state index in [2.05, 4.69) is 0 Å². The number of hydrogen-bond donors (Lipinski definition) is 3. The predicted molar refractivity (Wildman–Crippen MR) is 46.8 cm³/mol. The van der Waals surface area contributed by atoms with E-state index in [9.17, 15) is 14.4 Å². The Morgan fingerprint density at radius 2 is 2.29 bits per heavy atom. The fourth-order valence-electron chi connectivity index (χ4n) is 0.966. The van der Waals surface area contributed by atoms with Crippen LogP contribution in [0.2, 0.25) is 0 Å². The van der Waals surface area contributed by atoms with E-state index in [-0.39, 0.29) is 6.42 Å². The van der Waals surface area contributed by atoms with Crippen LogP contribution in [-0.4, -0.2) is 20.6 Å². The van der Waals surface area contributed by atoms with Gasteiger partial charge in [-0.3, -0.25) is 19.1 Å². The minimum Gasteiger partial charge on any atom is -0.481 e. The molecule has 7 nitrogen and oxygen atoms in total. The smallest absolute Gasteiger partial charge is 0.329 e. The van der Waals surface area contributed by atoms with E-state index in [0.29, 0.717) is 0 Å². The molecule has 0 saturated carbocycles. The van der Waals surface area contributed by atoms with Gasteiger partial charge in [0, 0.05) is 12.3 Å². The van der Waals surface area contributed by atoms with E-state index >= 15 is 0 Å². The number of rotatable bonds is 3. The highest BCUT2D eigenvalue weighted by Gasteiger charge is 2.10. The molecule has 1 rings (SSSR count). The van der Waals surface area contributed by atoms with Crippen LogP contribution in [0.1, 0.15) is 12.6 Å². The summed E-state index contributed by atoms with van der Waals surface area (Å²) in [4.78, 5) is 34.0. The largest absolute Gasteiger partial charge is 0.481 e. The van der Waals surface area contributed by atoms with Crippen molar-refractivity contribution >= 4 is 5.97 Å². The molecule has 1 unspecified atom stereocenters. The van der Waals surface area contributed by atoms with Crippen molar-refractivity contribution in [2.75, 3.05) is 0 Å². The van der Waals surface area contributed by atoms with Crippen LogP contribution in [0.3, 0.4) is 0 Å². The number of carboxylic acids is 1. The van der Waals surface area contributed by atoms with Gasteiger partial charge in [-0.2, -0.15) is 0 Å². The summed E-state index contributed by atoms with van der Waals surface area (Å²) < 4.78 is 0.954. The number of nitrogens with one attached hydrogen (secondary N) is 1. The number of aromatic amines is 1. The summed E-state index contributed by atoms with van der Waals surface area (Å²) in [7, 11) is 0. The molecule has 0 aliphatic rings. The van der Waals surface area contributed by atoms with Crippen molar-refractivity contribution in [2.45, 2.75) is 12.6 Å². The summed E-state index contributed by atoms with van der Waals surface area (Å²) in [5.41, 5.74) is 4.14. The van der Waals surface area contributed by atoms with Crippen molar-refractivity contribution < 1.29 is 9.90 Å². The maximum atomic E-state index is 11.1. The highest BCUT2D eigenvalue weighted by atomic mass is 16.4. The molecule has 0 saturated heterocycles. The predicted octanol–water partition coefficient (Wildman–Crippen LogP) is -1.53. The monoisotopic (exact) mass is 199 g/mol. The van der Waals surface area contributed by atoms with Crippen LogP contribution in [0, 0.1) is 0 Å². The standard InChI is InChI=1S/C7H9N3O4/c8-4(3-6(12)13)10-2-1-5(11)9-7(10)14/h1-2,4H,3,8H2,(H,12,13)(H,9,11,14). The first-order chi connectivity index (χ1) is 6.50. The normalized spacial score (nSPS) is 12.4. The van der Waals surface area contributed by atoms with E-state index in [0.717, 1.165) is 16.8 Å². The molecular formula is C7H9N3O4. The SMILES string of the molecule is NC(CC(=O)O)n1ccc(=O)[nH]c1=O. The van der Waals surface area contributed by atoms with Gasteiger partial charge < -0.3 is 10.8 Å². The van der Waals surface area contributed by atoms with Crippen molar-refractivity contribution in [3.8, 4) is 0 Å². The molecule has 14 heavy (non-hydrogen) atoms. The van der Waals surface area contributed by atoms with Crippen molar-refractivity contribution in [3.63, 3.8) is 0 Å². The third-order valence-corrected chi connectivity index (χ3v) is 1.59. The molecule has 76 valence electrons. The third-order valence-electron chi connectivity index (χ3n) is 1.59. The second-order valence-electron chi connectivity index (χ2n) is 2.68. The van der Waals surface area contributed by atoms with Gasteiger partial charge in [-0.05, 0) is 0 Å². The van der Waals surface area contributed by atoms with Gasteiger partial charge in [0.2, 0.25) is 0 Å². The zero-order chi connectivity index (χ0) is 10.7. The topological polar surface area (TPSA) is 118 Å². The Bertz CT molecular complexity index is 447. The van der Waals surface area contributed by atoms with Crippen LogP contribution in [0.4, 0.5) is 0 Å². The zero-order valence-electron chi connectivity index (χ0n) is 7.14. The molecule has 0 bridgehead atoms. The van der Waals surface area contributed by atoms with Crippen molar-refractivity contribution in [1.29, 1.82) is 0 Å². The molecule has 1 aromatic heterocycles. The molecule has 0 radical (unpaired) electrons. The molecule has 4 N–H and O–H groups in total. The number of H-pyrrole nitrogens is 1. The molecule has 7 heteroatoms. The first-order valence-electron chi connectivity index (χ1n) is 3.79. The third kappa shape index (κ3) is 2.30. The van der Waals surface area contributed by atoms with E-state index in [1.165, 1.54) is 0 Å². The second-order valence-corrected chi connectivity index (χ2v) is 2.68. The van der Waals surface area contributed by atoms with Crippen LogP contribution >= 0.6 is 0 Å². The van der Waals surface area contributed by atoms with Crippen LogP contribution in [-0.2, 0) is 4.79 Å². The van der Waals surface area contributed by atoms with Gasteiger partial charge in [-0.1, -0.05) is 0 Å². The highest BCUT2D eigenvalue weighted by Crippen LogP contribution is 1.98. The van der Waals surface area contributed by atoms with Gasteiger partial charge in [0.25, 0.3) is 5.56 Å². The van der Waals surface area contributed by atoms with Gasteiger partial charge in [0.05, 0.1) is 12.6 Å². The summed E-state index contributed by atoms with van der Waals surface area (Å²) in [6.45, 7) is 0. The van der Waals surface area contributed by atoms with E-state index in [1.807, 2.05) is 4.98 Å². The van der Waals surface area contributed by atoms with Gasteiger partial charge in [-0.25, -0.2) is 4.79 Å². The maximum absolute atomic E-state index is 11.1. The number of nitrogens with two attached hydrogens (primary N) is 1. The molecule has 1 heterocycles. The Balaban J connectivity index is 3.02. The molecule has 0 fully saturated rings. The van der Waals surface area contributed by atoms with Crippen molar-refractivity contribution in [3.05, 3.63) is 33.1 Å². The van der Waals surface area contributed by atoms with Crippen LogP contribution in [0.25, 0.3) is 0 Å². The second kappa shape index (κ2) is 3.88. The fourth-order valence-corrected chi connectivity index (χ4v) is 0.966. The lowest BCUT2D eigenvalue weighted by atomic mass is 10.3. The average molecular weight is 199 g/mol. The van der Waals surface area contributed by atoms with Gasteiger partial charge in [0.15, 0.2) is 0 Å². The number of aromatic nitrogens is 2. The quantitative estimate of drug-likeness (QED) is 0.545. The number of carbonyl (C=O) groups is 1. The number of nitrogens with zero attached hydrogens (tertiary/aromatic N) is 1. The summed E-state index contributed by atoms with van der Waals surface area (Å²) in [5.74, 6) is -1.12. The van der Waals surface area contributed by atoms with E-state index in [1.54, 1.807) is 0 Å². The summed E-state index contributed by atoms with van der Waals surface area (Å²) in [6, 6.07) is 1.10. The Hall–Kier alpha value is -1.89. The lowest BCUT2D eigenvalue weighted by Crippen LogP contribution is -2.35. The van der Waals surface area contributed by atoms with Crippen LogP contribution in [0.5, 0.6) is 0 Å². The molecule has 1 atom stereocenters.